The molecule has 2 fully saturated rings. The molecular weight excluding hydrogens is 246 g/mol. The Morgan fingerprint density at radius 2 is 2.11 bits per heavy atom. The quantitative estimate of drug-likeness (QED) is 0.733. The molecule has 1 amide bonds. The smallest absolute Gasteiger partial charge is 0.410 e. The van der Waals surface area contributed by atoms with Crippen LogP contribution < -0.4 is 0 Å². The van der Waals surface area contributed by atoms with Gasteiger partial charge in [-0.2, -0.15) is 0 Å². The van der Waals surface area contributed by atoms with Crippen LogP contribution in [0, 0.1) is 5.41 Å². The highest BCUT2D eigenvalue weighted by molar-refractivity contribution is 5.68. The lowest BCUT2D eigenvalue weighted by Crippen LogP contribution is -2.50. The summed E-state index contributed by atoms with van der Waals surface area (Å²) >= 11 is 0. The average Bonchev–Trinajstić information content (AvgIpc) is 2.57. The van der Waals surface area contributed by atoms with Gasteiger partial charge in [-0.15, -0.1) is 0 Å². The van der Waals surface area contributed by atoms with Gasteiger partial charge in [0.05, 0.1) is 6.61 Å². The number of hydrogen-bond acceptors (Lipinski definition) is 4. The van der Waals surface area contributed by atoms with Crippen molar-refractivity contribution < 1.29 is 19.4 Å². The van der Waals surface area contributed by atoms with Crippen molar-refractivity contribution in [2.45, 2.75) is 64.9 Å². The Balaban J connectivity index is 1.95. The molecule has 2 rings (SSSR count). The summed E-state index contributed by atoms with van der Waals surface area (Å²) in [6.45, 7) is 8.94. The molecule has 19 heavy (non-hydrogen) atoms. The van der Waals surface area contributed by atoms with Crippen LogP contribution in [0.5, 0.6) is 0 Å². The van der Waals surface area contributed by atoms with E-state index in [2.05, 4.69) is 0 Å². The molecule has 3 unspecified atom stereocenters. The highest BCUT2D eigenvalue weighted by Crippen LogP contribution is 2.43. The van der Waals surface area contributed by atoms with E-state index in [-0.39, 0.29) is 17.6 Å². The minimum atomic E-state index is -0.639. The molecule has 0 radical (unpaired) electrons. The summed E-state index contributed by atoms with van der Waals surface area (Å²) in [5.74, 6) is 0. The first-order chi connectivity index (χ1) is 8.71. The molecule has 2 aliphatic heterocycles. The summed E-state index contributed by atoms with van der Waals surface area (Å²) in [6, 6.07) is 0.123. The first-order valence-corrected chi connectivity index (χ1v) is 7.00. The van der Waals surface area contributed by atoms with Gasteiger partial charge >= 0.3 is 6.09 Å². The monoisotopic (exact) mass is 271 g/mol. The van der Waals surface area contributed by atoms with Crippen molar-refractivity contribution in [2.75, 3.05) is 13.2 Å². The number of carbonyl (C=O) groups excluding carboxylic acids is 1. The number of likely N-dealkylation sites (tertiary alicyclic amines) is 1. The fourth-order valence-corrected chi connectivity index (χ4v) is 3.09. The second-order valence-corrected chi connectivity index (χ2v) is 6.95. The fraction of sp³-hybridized carbons (Fsp3) is 0.929. The normalized spacial score (nSPS) is 35.7. The predicted molar refractivity (Wildman–Crippen MR) is 70.6 cm³/mol. The Bertz CT molecular complexity index is 352. The lowest BCUT2D eigenvalue weighted by Gasteiger charge is -2.43. The van der Waals surface area contributed by atoms with Crippen molar-refractivity contribution in [2.24, 2.45) is 5.41 Å². The fourth-order valence-electron chi connectivity index (χ4n) is 3.09. The Kier molecular flexibility index (Phi) is 3.80. The minimum absolute atomic E-state index is 0.0390. The zero-order valence-electron chi connectivity index (χ0n) is 12.3. The molecule has 1 spiro atoms. The van der Waals surface area contributed by atoms with Gasteiger partial charge in [-0.25, -0.2) is 4.79 Å². The number of amides is 1. The van der Waals surface area contributed by atoms with Gasteiger partial charge in [0.1, 0.15) is 5.60 Å². The van der Waals surface area contributed by atoms with Crippen molar-refractivity contribution in [3.8, 4) is 0 Å². The molecule has 5 heteroatoms. The molecule has 0 aromatic heterocycles. The predicted octanol–water partition coefficient (Wildman–Crippen LogP) is 2.13. The lowest BCUT2D eigenvalue weighted by atomic mass is 9.75. The summed E-state index contributed by atoms with van der Waals surface area (Å²) < 4.78 is 10.7. The van der Waals surface area contributed by atoms with Gasteiger partial charge in [-0.05, 0) is 40.5 Å². The zero-order chi connectivity index (χ0) is 14.3. The van der Waals surface area contributed by atoms with Crippen LogP contribution in [0.3, 0.4) is 0 Å². The number of nitrogens with zero attached hydrogens (tertiary/aromatic N) is 1. The van der Waals surface area contributed by atoms with Gasteiger partial charge in [-0.1, -0.05) is 0 Å². The number of ether oxygens (including phenoxy) is 2. The maximum absolute atomic E-state index is 12.1. The SMILES string of the molecule is CC1CC2(CCN1C(=O)OC(C)(C)C)COC(O)C2. The van der Waals surface area contributed by atoms with Gasteiger partial charge in [0.2, 0.25) is 0 Å². The summed E-state index contributed by atoms with van der Waals surface area (Å²) in [6.07, 6.45) is 1.53. The van der Waals surface area contributed by atoms with E-state index in [1.54, 1.807) is 4.90 Å². The van der Waals surface area contributed by atoms with Crippen molar-refractivity contribution in [1.29, 1.82) is 0 Å². The summed E-state index contributed by atoms with van der Waals surface area (Å²) in [5, 5.41) is 9.53. The van der Waals surface area contributed by atoms with Crippen LogP contribution in [0.4, 0.5) is 4.79 Å². The Morgan fingerprint density at radius 1 is 1.42 bits per heavy atom. The van der Waals surface area contributed by atoms with Crippen LogP contribution in [0.15, 0.2) is 0 Å². The topological polar surface area (TPSA) is 59.0 Å². The average molecular weight is 271 g/mol. The maximum atomic E-state index is 12.1. The van der Waals surface area contributed by atoms with E-state index in [1.165, 1.54) is 0 Å². The molecule has 0 saturated carbocycles. The first-order valence-electron chi connectivity index (χ1n) is 7.00. The van der Waals surface area contributed by atoms with E-state index in [0.717, 1.165) is 12.8 Å². The van der Waals surface area contributed by atoms with E-state index in [1.807, 2.05) is 27.7 Å². The first kappa shape index (κ1) is 14.6. The maximum Gasteiger partial charge on any atom is 0.410 e. The number of piperidine rings is 1. The van der Waals surface area contributed by atoms with E-state index >= 15 is 0 Å². The van der Waals surface area contributed by atoms with Gasteiger partial charge in [0.15, 0.2) is 6.29 Å². The number of aliphatic hydroxyl groups excluding tert-OH is 1. The second kappa shape index (κ2) is 4.94. The Hall–Kier alpha value is -0.810. The van der Waals surface area contributed by atoms with E-state index in [4.69, 9.17) is 9.47 Å². The third-order valence-electron chi connectivity index (χ3n) is 3.96. The molecule has 0 aliphatic carbocycles. The molecule has 1 N–H and O–H groups in total. The highest BCUT2D eigenvalue weighted by Gasteiger charge is 2.45. The third kappa shape index (κ3) is 3.39. The van der Waals surface area contributed by atoms with Crippen LogP contribution in [-0.4, -0.2) is 47.2 Å². The number of carbonyl (C=O) groups is 1. The van der Waals surface area contributed by atoms with Crippen molar-refractivity contribution in [3.63, 3.8) is 0 Å². The molecular formula is C14H25NO4. The number of aliphatic hydroxyl groups is 1. The molecule has 0 bridgehead atoms. The Labute approximate surface area is 114 Å². The van der Waals surface area contributed by atoms with E-state index in [9.17, 15) is 9.90 Å². The molecule has 2 saturated heterocycles. The van der Waals surface area contributed by atoms with Crippen molar-refractivity contribution >= 4 is 6.09 Å². The summed E-state index contributed by atoms with van der Waals surface area (Å²) in [5.41, 5.74) is -0.421. The molecule has 2 aliphatic rings. The van der Waals surface area contributed by atoms with Gasteiger partial charge < -0.3 is 19.5 Å². The van der Waals surface area contributed by atoms with Crippen LogP contribution in [0.1, 0.15) is 47.0 Å². The molecule has 0 aromatic carbocycles. The van der Waals surface area contributed by atoms with E-state index in [0.29, 0.717) is 19.6 Å². The van der Waals surface area contributed by atoms with Crippen LogP contribution >= 0.6 is 0 Å². The van der Waals surface area contributed by atoms with E-state index < -0.39 is 11.9 Å². The minimum Gasteiger partial charge on any atom is -0.444 e. The van der Waals surface area contributed by atoms with Gasteiger partial charge in [0.25, 0.3) is 0 Å². The lowest BCUT2D eigenvalue weighted by molar-refractivity contribution is -0.0604. The highest BCUT2D eigenvalue weighted by atomic mass is 16.6. The largest absolute Gasteiger partial charge is 0.444 e. The number of hydrogen-bond donors (Lipinski definition) is 1. The zero-order valence-corrected chi connectivity index (χ0v) is 12.3. The molecule has 2 heterocycles. The molecule has 3 atom stereocenters. The van der Waals surface area contributed by atoms with Crippen LogP contribution in [0.2, 0.25) is 0 Å². The third-order valence-corrected chi connectivity index (χ3v) is 3.96. The van der Waals surface area contributed by atoms with Crippen molar-refractivity contribution in [1.82, 2.24) is 4.90 Å². The van der Waals surface area contributed by atoms with Gasteiger partial charge in [-0.3, -0.25) is 0 Å². The number of rotatable bonds is 0. The van der Waals surface area contributed by atoms with Crippen LogP contribution in [-0.2, 0) is 9.47 Å². The van der Waals surface area contributed by atoms with Gasteiger partial charge in [0, 0.05) is 24.4 Å². The van der Waals surface area contributed by atoms with Crippen molar-refractivity contribution in [3.05, 3.63) is 0 Å². The molecule has 5 nitrogen and oxygen atoms in total. The second-order valence-electron chi connectivity index (χ2n) is 6.95. The molecule has 0 aromatic rings. The standard InChI is InChI=1S/C14H25NO4/c1-10-7-14(8-11(16)18-9-14)5-6-15(10)12(17)19-13(2,3)4/h10-11,16H,5-9H2,1-4H3. The van der Waals surface area contributed by atoms with Crippen LogP contribution in [0.25, 0.3) is 0 Å². The summed E-state index contributed by atoms with van der Waals surface area (Å²) in [7, 11) is 0. The summed E-state index contributed by atoms with van der Waals surface area (Å²) in [4.78, 5) is 13.9. The Morgan fingerprint density at radius 3 is 2.58 bits per heavy atom. The molecule has 110 valence electrons.